The lowest BCUT2D eigenvalue weighted by Gasteiger charge is -2.33. The van der Waals surface area contributed by atoms with E-state index in [0.29, 0.717) is 0 Å². The van der Waals surface area contributed by atoms with Crippen molar-refractivity contribution in [1.29, 1.82) is 0 Å². The van der Waals surface area contributed by atoms with Crippen molar-refractivity contribution >= 4 is 15.9 Å². The van der Waals surface area contributed by atoms with Crippen molar-refractivity contribution in [2.45, 2.75) is 6.54 Å². The monoisotopic (exact) mass is 410 g/mol. The Morgan fingerprint density at radius 2 is 1.79 bits per heavy atom. The molecular weight excluding hydrogens is 391 g/mol. The van der Waals surface area contributed by atoms with E-state index in [0.717, 1.165) is 17.0 Å². The highest BCUT2D eigenvalue weighted by molar-refractivity contribution is 7.88. The summed E-state index contributed by atoms with van der Waals surface area (Å²) in [7, 11) is -3.35. The van der Waals surface area contributed by atoms with Gasteiger partial charge in [0.15, 0.2) is 0 Å². The van der Waals surface area contributed by atoms with Crippen molar-refractivity contribution in [2.75, 3.05) is 32.4 Å². The highest BCUT2D eigenvalue weighted by atomic mass is 32.2. The third-order valence-corrected chi connectivity index (χ3v) is 5.88. The number of hydrogen-bond acceptors (Lipinski definition) is 5. The molecule has 0 atom stereocenters. The van der Waals surface area contributed by atoms with Crippen molar-refractivity contribution in [2.24, 2.45) is 0 Å². The standard InChI is InChI=1S/C17H19FN4O5S/c1-28(26,27)21-8-6-20(7-9-21)15(23)13-10-19-17(25)22(16(13)24)11-12-4-2-3-5-14(12)18/h2-5,10H,6-9,11H2,1H3,(H,19,25). The van der Waals surface area contributed by atoms with E-state index in [4.69, 9.17) is 0 Å². The van der Waals surface area contributed by atoms with E-state index in [1.54, 1.807) is 6.07 Å². The van der Waals surface area contributed by atoms with Crippen LogP contribution in [0.1, 0.15) is 15.9 Å². The van der Waals surface area contributed by atoms with E-state index in [9.17, 15) is 27.2 Å². The first-order valence-corrected chi connectivity index (χ1v) is 10.3. The maximum Gasteiger partial charge on any atom is 0.328 e. The summed E-state index contributed by atoms with van der Waals surface area (Å²) in [5.41, 5.74) is -1.71. The number of nitrogens with one attached hydrogen (secondary N) is 1. The minimum Gasteiger partial charge on any atom is -0.336 e. The largest absolute Gasteiger partial charge is 0.336 e. The average Bonchev–Trinajstić information content (AvgIpc) is 2.65. The SMILES string of the molecule is CS(=O)(=O)N1CCN(C(=O)c2c[nH]c(=O)n(Cc3ccccc3F)c2=O)CC1. The first-order valence-electron chi connectivity index (χ1n) is 8.49. The van der Waals surface area contributed by atoms with Gasteiger partial charge in [-0.3, -0.25) is 14.2 Å². The van der Waals surface area contributed by atoms with Crippen LogP contribution in [0, 0.1) is 5.82 Å². The number of halogens is 1. The molecule has 0 radical (unpaired) electrons. The Hall–Kier alpha value is -2.79. The summed E-state index contributed by atoms with van der Waals surface area (Å²) in [6.45, 7) is 0.175. The maximum absolute atomic E-state index is 13.9. The number of sulfonamides is 1. The van der Waals surface area contributed by atoms with Crippen LogP contribution in [0.3, 0.4) is 0 Å². The molecular formula is C17H19FN4O5S. The second kappa shape index (κ2) is 7.68. The summed E-state index contributed by atoms with van der Waals surface area (Å²) in [5, 5.41) is 0. The molecule has 1 saturated heterocycles. The molecule has 11 heteroatoms. The number of piperazine rings is 1. The molecule has 2 aromatic rings. The molecule has 1 aromatic carbocycles. The van der Waals surface area contributed by atoms with E-state index >= 15 is 0 Å². The van der Waals surface area contributed by atoms with Crippen LogP contribution in [0.4, 0.5) is 4.39 Å². The minimum atomic E-state index is -3.35. The van der Waals surface area contributed by atoms with Gasteiger partial charge in [-0.25, -0.2) is 17.6 Å². The van der Waals surface area contributed by atoms with Crippen LogP contribution in [0.5, 0.6) is 0 Å². The van der Waals surface area contributed by atoms with Gasteiger partial charge < -0.3 is 9.88 Å². The van der Waals surface area contributed by atoms with Crippen LogP contribution in [-0.2, 0) is 16.6 Å². The molecule has 3 rings (SSSR count). The predicted molar refractivity (Wildman–Crippen MR) is 99.1 cm³/mol. The number of carbonyl (C=O) groups excluding carboxylic acids is 1. The van der Waals surface area contributed by atoms with Crippen LogP contribution in [0.2, 0.25) is 0 Å². The average molecular weight is 410 g/mol. The molecule has 1 fully saturated rings. The van der Waals surface area contributed by atoms with Gasteiger partial charge in [-0.05, 0) is 6.07 Å². The highest BCUT2D eigenvalue weighted by Gasteiger charge is 2.28. The second-order valence-corrected chi connectivity index (χ2v) is 8.43. The Kier molecular flexibility index (Phi) is 5.47. The van der Waals surface area contributed by atoms with Crippen LogP contribution >= 0.6 is 0 Å². The number of aromatic nitrogens is 2. The predicted octanol–water partition coefficient (Wildman–Crippen LogP) is -0.559. The summed E-state index contributed by atoms with van der Waals surface area (Å²) in [4.78, 5) is 41.1. The summed E-state index contributed by atoms with van der Waals surface area (Å²) < 4.78 is 39.0. The highest BCUT2D eigenvalue weighted by Crippen LogP contribution is 2.09. The summed E-state index contributed by atoms with van der Waals surface area (Å²) in [6, 6.07) is 5.72. The molecule has 1 aliphatic rings. The van der Waals surface area contributed by atoms with Crippen LogP contribution in [-0.4, -0.2) is 65.5 Å². The number of rotatable bonds is 4. The second-order valence-electron chi connectivity index (χ2n) is 6.44. The fourth-order valence-corrected chi connectivity index (χ4v) is 3.82. The van der Waals surface area contributed by atoms with Gasteiger partial charge in [-0.2, -0.15) is 4.31 Å². The van der Waals surface area contributed by atoms with Gasteiger partial charge >= 0.3 is 5.69 Å². The van der Waals surface area contributed by atoms with E-state index in [-0.39, 0.29) is 43.9 Å². The van der Waals surface area contributed by atoms with Gasteiger partial charge in [0.05, 0.1) is 12.8 Å². The number of carbonyl (C=O) groups is 1. The summed E-state index contributed by atoms with van der Waals surface area (Å²) in [5.74, 6) is -1.18. The van der Waals surface area contributed by atoms with Gasteiger partial charge in [-0.1, -0.05) is 18.2 Å². The zero-order chi connectivity index (χ0) is 20.5. The van der Waals surface area contributed by atoms with Crippen LogP contribution in [0.15, 0.2) is 40.1 Å². The first kappa shape index (κ1) is 20.0. The lowest BCUT2D eigenvalue weighted by atomic mass is 10.2. The number of nitrogens with zero attached hydrogens (tertiary/aromatic N) is 3. The Labute approximate surface area is 160 Å². The van der Waals surface area contributed by atoms with E-state index in [1.165, 1.54) is 27.4 Å². The van der Waals surface area contributed by atoms with Crippen LogP contribution in [0.25, 0.3) is 0 Å². The summed E-state index contributed by atoms with van der Waals surface area (Å²) >= 11 is 0. The molecule has 0 bridgehead atoms. The van der Waals surface area contributed by atoms with E-state index in [2.05, 4.69) is 4.98 Å². The number of amides is 1. The molecule has 9 nitrogen and oxygen atoms in total. The number of aromatic amines is 1. The molecule has 1 aromatic heterocycles. The molecule has 1 amide bonds. The van der Waals surface area contributed by atoms with Crippen molar-refractivity contribution in [3.8, 4) is 0 Å². The maximum atomic E-state index is 13.9. The van der Waals surface area contributed by atoms with Gasteiger partial charge in [0.2, 0.25) is 10.0 Å². The van der Waals surface area contributed by atoms with Gasteiger partial charge in [0.1, 0.15) is 11.4 Å². The quantitative estimate of drug-likeness (QED) is 0.726. The van der Waals surface area contributed by atoms with Crippen molar-refractivity contribution in [3.05, 3.63) is 68.2 Å². The number of H-pyrrole nitrogens is 1. The minimum absolute atomic E-state index is 0.122. The van der Waals surface area contributed by atoms with Gasteiger partial charge in [0.25, 0.3) is 11.5 Å². The Balaban J connectivity index is 1.86. The fraction of sp³-hybridized carbons (Fsp3) is 0.353. The lowest BCUT2D eigenvalue weighted by Crippen LogP contribution is -2.51. The Bertz CT molecular complexity index is 1120. The van der Waals surface area contributed by atoms with E-state index < -0.39 is 33.0 Å². The molecule has 0 spiro atoms. The third-order valence-electron chi connectivity index (χ3n) is 4.57. The molecule has 0 aliphatic carbocycles. The number of hydrogen-bond donors (Lipinski definition) is 1. The topological polar surface area (TPSA) is 113 Å². The smallest absolute Gasteiger partial charge is 0.328 e. The zero-order valence-corrected chi connectivity index (χ0v) is 15.9. The molecule has 1 aliphatic heterocycles. The third kappa shape index (κ3) is 4.04. The normalized spacial score (nSPS) is 15.6. The molecule has 28 heavy (non-hydrogen) atoms. The number of benzene rings is 1. The first-order chi connectivity index (χ1) is 13.2. The lowest BCUT2D eigenvalue weighted by molar-refractivity contribution is 0.0695. The fourth-order valence-electron chi connectivity index (χ4n) is 3.00. The van der Waals surface area contributed by atoms with E-state index in [1.807, 2.05) is 0 Å². The molecule has 0 unspecified atom stereocenters. The van der Waals surface area contributed by atoms with Crippen molar-refractivity contribution < 1.29 is 17.6 Å². The molecule has 2 heterocycles. The van der Waals surface area contributed by atoms with Crippen molar-refractivity contribution in [1.82, 2.24) is 18.8 Å². The van der Waals surface area contributed by atoms with Gasteiger partial charge in [0, 0.05) is 37.9 Å². The Morgan fingerprint density at radius 3 is 2.39 bits per heavy atom. The van der Waals surface area contributed by atoms with Crippen molar-refractivity contribution in [3.63, 3.8) is 0 Å². The van der Waals surface area contributed by atoms with Crippen LogP contribution < -0.4 is 11.2 Å². The van der Waals surface area contributed by atoms with Gasteiger partial charge in [-0.15, -0.1) is 0 Å². The summed E-state index contributed by atoms with van der Waals surface area (Å²) in [6.07, 6.45) is 2.13. The molecule has 1 N–H and O–H groups in total. The zero-order valence-electron chi connectivity index (χ0n) is 15.1. The molecule has 150 valence electrons. The molecule has 0 saturated carbocycles. The Morgan fingerprint density at radius 1 is 1.14 bits per heavy atom.